The van der Waals surface area contributed by atoms with Gasteiger partial charge < -0.3 is 14.8 Å². The first kappa shape index (κ1) is 17.2. The molecule has 0 unspecified atom stereocenters. The number of nitrogens with zero attached hydrogens (tertiary/aromatic N) is 1. The van der Waals surface area contributed by atoms with E-state index in [1.165, 1.54) is 5.56 Å². The predicted octanol–water partition coefficient (Wildman–Crippen LogP) is 2.35. The molecular weight excluding hydrogens is 312 g/mol. The summed E-state index contributed by atoms with van der Waals surface area (Å²) in [6.45, 7) is 5.91. The van der Waals surface area contributed by atoms with Crippen molar-refractivity contribution < 1.29 is 9.47 Å². The van der Waals surface area contributed by atoms with Gasteiger partial charge in [0.25, 0.3) is 0 Å². The van der Waals surface area contributed by atoms with Crippen LogP contribution in [-0.4, -0.2) is 62.5 Å². The zero-order chi connectivity index (χ0) is 16.2. The van der Waals surface area contributed by atoms with Crippen molar-refractivity contribution in [3.63, 3.8) is 0 Å². The largest absolute Gasteiger partial charge is 0.378 e. The first-order chi connectivity index (χ1) is 11.2. The number of methoxy groups -OCH3 is 1. The summed E-state index contributed by atoms with van der Waals surface area (Å²) in [5, 5.41) is 4.23. The third kappa shape index (κ3) is 4.25. The Balaban J connectivity index is 1.74. The minimum absolute atomic E-state index is 0.252. The van der Waals surface area contributed by atoms with E-state index >= 15 is 0 Å². The van der Waals surface area contributed by atoms with Crippen LogP contribution in [0.1, 0.15) is 18.9 Å². The van der Waals surface area contributed by atoms with Gasteiger partial charge in [0, 0.05) is 37.3 Å². The number of piperidine rings is 1. The zero-order valence-corrected chi connectivity index (χ0v) is 14.8. The molecule has 0 aliphatic carbocycles. The van der Waals surface area contributed by atoms with Crippen molar-refractivity contribution in [1.29, 1.82) is 0 Å². The molecule has 1 aromatic carbocycles. The van der Waals surface area contributed by atoms with E-state index in [2.05, 4.69) is 29.3 Å². The van der Waals surface area contributed by atoms with E-state index in [0.717, 1.165) is 44.1 Å². The summed E-state index contributed by atoms with van der Waals surface area (Å²) in [6, 6.07) is 9.04. The van der Waals surface area contributed by atoms with Crippen molar-refractivity contribution in [2.75, 3.05) is 33.4 Å². The molecule has 0 amide bonds. The van der Waals surface area contributed by atoms with Gasteiger partial charge >= 0.3 is 0 Å². The van der Waals surface area contributed by atoms with Crippen LogP contribution >= 0.6 is 11.6 Å². The summed E-state index contributed by atoms with van der Waals surface area (Å²) in [7, 11) is 1.82. The van der Waals surface area contributed by atoms with Crippen molar-refractivity contribution in [3.05, 3.63) is 34.9 Å². The van der Waals surface area contributed by atoms with E-state index in [1.54, 1.807) is 0 Å². The van der Waals surface area contributed by atoms with Gasteiger partial charge in [0.15, 0.2) is 0 Å². The Morgan fingerprint density at radius 1 is 1.35 bits per heavy atom. The first-order valence-electron chi connectivity index (χ1n) is 8.52. The molecule has 1 N–H and O–H groups in total. The topological polar surface area (TPSA) is 33.7 Å². The number of rotatable bonds is 4. The number of ether oxygens (including phenoxy) is 2. The summed E-state index contributed by atoms with van der Waals surface area (Å²) in [6.07, 6.45) is 2.65. The molecule has 4 nitrogen and oxygen atoms in total. The number of morpholine rings is 1. The number of halogens is 1. The van der Waals surface area contributed by atoms with Crippen LogP contribution < -0.4 is 5.32 Å². The predicted molar refractivity (Wildman–Crippen MR) is 93.1 cm³/mol. The fraction of sp³-hybridized carbons (Fsp3) is 0.667. The quantitative estimate of drug-likeness (QED) is 0.913. The molecule has 0 aromatic heterocycles. The van der Waals surface area contributed by atoms with Gasteiger partial charge in [-0.3, -0.25) is 4.90 Å². The maximum Gasteiger partial charge on any atom is 0.0851 e. The van der Waals surface area contributed by atoms with Crippen LogP contribution in [0.3, 0.4) is 0 Å². The average molecular weight is 339 g/mol. The van der Waals surface area contributed by atoms with Gasteiger partial charge in [0.1, 0.15) is 0 Å². The van der Waals surface area contributed by atoms with Gasteiger partial charge in [0.05, 0.1) is 18.8 Å². The summed E-state index contributed by atoms with van der Waals surface area (Å²) >= 11 is 6.00. The monoisotopic (exact) mass is 338 g/mol. The second-order valence-corrected chi connectivity index (χ2v) is 7.10. The maximum atomic E-state index is 6.00. The molecule has 0 saturated carbocycles. The van der Waals surface area contributed by atoms with Gasteiger partial charge in [-0.15, -0.1) is 0 Å². The lowest BCUT2D eigenvalue weighted by Gasteiger charge is -2.47. The minimum Gasteiger partial charge on any atom is -0.378 e. The fourth-order valence-electron chi connectivity index (χ4n) is 3.78. The van der Waals surface area contributed by atoms with E-state index in [4.69, 9.17) is 21.1 Å². The average Bonchev–Trinajstić information content (AvgIpc) is 2.58. The summed E-state index contributed by atoms with van der Waals surface area (Å²) in [5.74, 6) is 0. The molecule has 2 heterocycles. The van der Waals surface area contributed by atoms with E-state index in [1.807, 2.05) is 19.2 Å². The molecule has 2 aliphatic rings. The fourth-order valence-corrected chi connectivity index (χ4v) is 3.91. The normalized spacial score (nSPS) is 32.8. The molecule has 128 valence electrons. The smallest absolute Gasteiger partial charge is 0.0851 e. The highest BCUT2D eigenvalue weighted by Crippen LogP contribution is 2.24. The van der Waals surface area contributed by atoms with Crippen molar-refractivity contribution >= 4 is 11.6 Å². The van der Waals surface area contributed by atoms with E-state index in [9.17, 15) is 0 Å². The highest BCUT2D eigenvalue weighted by molar-refractivity contribution is 6.30. The Kier molecular flexibility index (Phi) is 5.94. The molecule has 2 aliphatic heterocycles. The second kappa shape index (κ2) is 7.95. The third-order valence-electron chi connectivity index (χ3n) is 5.01. The van der Waals surface area contributed by atoms with Crippen molar-refractivity contribution in [2.45, 2.75) is 44.1 Å². The zero-order valence-electron chi connectivity index (χ0n) is 14.0. The molecule has 0 radical (unpaired) electrons. The maximum absolute atomic E-state index is 6.00. The molecule has 4 atom stereocenters. The molecule has 5 heteroatoms. The molecule has 2 saturated heterocycles. The minimum atomic E-state index is 0.252. The number of hydrogen-bond donors (Lipinski definition) is 1. The lowest BCUT2D eigenvalue weighted by atomic mass is 9.95. The SMILES string of the molecule is CO[C@H]1CNCC[C@@H]1N1C[C@H](C)OC[C@@H]1Cc1ccc(Cl)cc1. The van der Waals surface area contributed by atoms with Crippen LogP contribution in [0.25, 0.3) is 0 Å². The summed E-state index contributed by atoms with van der Waals surface area (Å²) in [5.41, 5.74) is 1.31. The van der Waals surface area contributed by atoms with E-state index in [-0.39, 0.29) is 12.2 Å². The van der Waals surface area contributed by atoms with Crippen molar-refractivity contribution in [1.82, 2.24) is 10.2 Å². The molecule has 2 fully saturated rings. The Morgan fingerprint density at radius 3 is 2.87 bits per heavy atom. The van der Waals surface area contributed by atoms with Gasteiger partial charge in [-0.05, 0) is 44.0 Å². The van der Waals surface area contributed by atoms with Gasteiger partial charge in [-0.2, -0.15) is 0 Å². The van der Waals surface area contributed by atoms with Crippen LogP contribution in [0, 0.1) is 0 Å². The molecule has 0 bridgehead atoms. The van der Waals surface area contributed by atoms with E-state index in [0.29, 0.717) is 12.1 Å². The third-order valence-corrected chi connectivity index (χ3v) is 5.27. The second-order valence-electron chi connectivity index (χ2n) is 6.66. The Bertz CT molecular complexity index is 496. The Morgan fingerprint density at radius 2 is 2.13 bits per heavy atom. The highest BCUT2D eigenvalue weighted by Gasteiger charge is 2.37. The molecule has 3 rings (SSSR count). The summed E-state index contributed by atoms with van der Waals surface area (Å²) in [4.78, 5) is 2.62. The molecule has 23 heavy (non-hydrogen) atoms. The van der Waals surface area contributed by atoms with Crippen LogP contribution in [0.15, 0.2) is 24.3 Å². The standard InChI is InChI=1S/C18H27ClN2O2/c1-13-11-21(17-7-8-20-10-18(17)22-2)16(12-23-13)9-14-3-5-15(19)6-4-14/h3-6,13,16-18,20H,7-12H2,1-2H3/t13-,16-,17-,18-/m0/s1. The highest BCUT2D eigenvalue weighted by atomic mass is 35.5. The van der Waals surface area contributed by atoms with Crippen LogP contribution in [-0.2, 0) is 15.9 Å². The number of nitrogens with one attached hydrogen (secondary N) is 1. The van der Waals surface area contributed by atoms with Gasteiger partial charge in [-0.25, -0.2) is 0 Å². The van der Waals surface area contributed by atoms with Gasteiger partial charge in [0.2, 0.25) is 0 Å². The van der Waals surface area contributed by atoms with Crippen LogP contribution in [0.5, 0.6) is 0 Å². The number of benzene rings is 1. The summed E-state index contributed by atoms with van der Waals surface area (Å²) < 4.78 is 11.7. The lowest BCUT2D eigenvalue weighted by molar-refractivity contribution is -0.103. The van der Waals surface area contributed by atoms with Crippen molar-refractivity contribution in [3.8, 4) is 0 Å². The Labute approximate surface area is 144 Å². The lowest BCUT2D eigenvalue weighted by Crippen LogP contribution is -2.61. The molecule has 0 spiro atoms. The van der Waals surface area contributed by atoms with E-state index < -0.39 is 0 Å². The van der Waals surface area contributed by atoms with Crippen LogP contribution in [0.4, 0.5) is 0 Å². The molecule has 1 aromatic rings. The Hall–Kier alpha value is -0.650. The molecular formula is C18H27ClN2O2. The van der Waals surface area contributed by atoms with Crippen LogP contribution in [0.2, 0.25) is 5.02 Å². The first-order valence-corrected chi connectivity index (χ1v) is 8.90. The number of hydrogen-bond acceptors (Lipinski definition) is 4. The van der Waals surface area contributed by atoms with Gasteiger partial charge in [-0.1, -0.05) is 23.7 Å². The van der Waals surface area contributed by atoms with Crippen molar-refractivity contribution in [2.24, 2.45) is 0 Å².